The van der Waals surface area contributed by atoms with Crippen LogP contribution in [0.4, 0.5) is 9.52 Å². The molecule has 1 aromatic heterocycles. The number of aromatic nitrogens is 1. The number of nitrogens with zero attached hydrogens (tertiary/aromatic N) is 2. The average molecular weight is 420 g/mol. The first-order valence-electron chi connectivity index (χ1n) is 8.80. The molecule has 0 aliphatic heterocycles. The van der Waals surface area contributed by atoms with Crippen molar-refractivity contribution < 1.29 is 21.8 Å². The first kappa shape index (κ1) is 18.8. The van der Waals surface area contributed by atoms with Gasteiger partial charge < -0.3 is 4.18 Å². The predicted molar refractivity (Wildman–Crippen MR) is 105 cm³/mol. The third kappa shape index (κ3) is 3.72. The molecule has 28 heavy (non-hydrogen) atoms. The van der Waals surface area contributed by atoms with E-state index in [4.69, 9.17) is 4.18 Å². The zero-order valence-corrected chi connectivity index (χ0v) is 16.4. The monoisotopic (exact) mass is 420 g/mol. The first-order valence-corrected chi connectivity index (χ1v) is 11.0. The van der Waals surface area contributed by atoms with Crippen molar-refractivity contribution in [2.24, 2.45) is 0 Å². The number of hydrogen-bond donors (Lipinski definition) is 0. The Morgan fingerprint density at radius 1 is 1.14 bits per heavy atom. The molecule has 4 rings (SSSR count). The molecule has 0 bridgehead atoms. The van der Waals surface area contributed by atoms with Crippen LogP contribution in [0.2, 0.25) is 0 Å². The number of carbonyl (C=O) groups is 1. The van der Waals surface area contributed by atoms with Gasteiger partial charge >= 0.3 is 10.1 Å². The molecular formula is C19H17FN2O4S2. The molecule has 2 aromatic carbocycles. The minimum atomic E-state index is -4.08. The smallest absolute Gasteiger partial charge is 0.339 e. The molecule has 146 valence electrons. The van der Waals surface area contributed by atoms with Crippen molar-refractivity contribution in [3.63, 3.8) is 0 Å². The number of thiazole rings is 1. The Hall–Kier alpha value is -2.52. The van der Waals surface area contributed by atoms with E-state index in [1.807, 2.05) is 0 Å². The maximum absolute atomic E-state index is 13.0. The van der Waals surface area contributed by atoms with E-state index in [1.54, 1.807) is 17.0 Å². The van der Waals surface area contributed by atoms with Gasteiger partial charge in [0.2, 0.25) is 6.41 Å². The number of halogens is 1. The highest BCUT2D eigenvalue weighted by atomic mass is 32.2. The molecular weight excluding hydrogens is 403 g/mol. The lowest BCUT2D eigenvalue weighted by atomic mass is 10.2. The molecule has 6 nitrogen and oxygen atoms in total. The van der Waals surface area contributed by atoms with Crippen LogP contribution in [-0.2, 0) is 14.9 Å². The van der Waals surface area contributed by atoms with Gasteiger partial charge in [-0.25, -0.2) is 9.37 Å². The molecule has 0 unspecified atom stereocenters. The highest BCUT2D eigenvalue weighted by molar-refractivity contribution is 7.87. The van der Waals surface area contributed by atoms with Gasteiger partial charge in [-0.1, -0.05) is 24.2 Å². The molecule has 1 saturated carbocycles. The second-order valence-electron chi connectivity index (χ2n) is 6.57. The van der Waals surface area contributed by atoms with Crippen LogP contribution in [0.3, 0.4) is 0 Å². The van der Waals surface area contributed by atoms with Crippen molar-refractivity contribution in [2.75, 3.05) is 4.90 Å². The SMILES string of the molecule is O=CN(c1nc2ccc(OS(=O)(=O)c3ccc(F)cc3)cc2s1)C1CCCC1. The zero-order chi connectivity index (χ0) is 19.7. The molecule has 9 heteroatoms. The number of rotatable bonds is 6. The van der Waals surface area contributed by atoms with Crippen LogP contribution in [0.15, 0.2) is 47.4 Å². The number of benzene rings is 2. The summed E-state index contributed by atoms with van der Waals surface area (Å²) in [6.45, 7) is 0. The van der Waals surface area contributed by atoms with Crippen molar-refractivity contribution in [1.29, 1.82) is 0 Å². The van der Waals surface area contributed by atoms with Gasteiger partial charge in [0.25, 0.3) is 0 Å². The molecule has 1 amide bonds. The second kappa shape index (κ2) is 7.48. The maximum atomic E-state index is 13.0. The third-order valence-corrected chi connectivity index (χ3v) is 7.00. The summed E-state index contributed by atoms with van der Waals surface area (Å²) in [7, 11) is -4.08. The summed E-state index contributed by atoms with van der Waals surface area (Å²) in [6, 6.07) is 9.32. The Bertz CT molecular complexity index is 1110. The van der Waals surface area contributed by atoms with E-state index < -0.39 is 15.9 Å². The summed E-state index contributed by atoms with van der Waals surface area (Å²) in [5.74, 6) is -0.398. The lowest BCUT2D eigenvalue weighted by molar-refractivity contribution is -0.107. The summed E-state index contributed by atoms with van der Waals surface area (Å²) in [5, 5.41) is 0.593. The molecule has 1 fully saturated rings. The highest BCUT2D eigenvalue weighted by Crippen LogP contribution is 2.35. The summed E-state index contributed by atoms with van der Waals surface area (Å²) < 4.78 is 43.6. The third-order valence-electron chi connectivity index (χ3n) is 4.71. The van der Waals surface area contributed by atoms with Crippen molar-refractivity contribution in [2.45, 2.75) is 36.6 Å². The van der Waals surface area contributed by atoms with Crippen molar-refractivity contribution >= 4 is 43.2 Å². The van der Waals surface area contributed by atoms with Crippen LogP contribution >= 0.6 is 11.3 Å². The molecule has 0 atom stereocenters. The quantitative estimate of drug-likeness (QED) is 0.443. The standard InChI is InChI=1S/C19H17FN2O4S2/c20-13-5-8-16(9-6-13)28(24,25)26-15-7-10-17-18(11-15)27-19(21-17)22(12-23)14-3-1-2-4-14/h5-12,14H,1-4H2. The van der Waals surface area contributed by atoms with E-state index in [2.05, 4.69) is 4.98 Å². The largest absolute Gasteiger partial charge is 0.379 e. The fourth-order valence-corrected chi connectivity index (χ4v) is 5.26. The molecule has 1 aliphatic carbocycles. The predicted octanol–water partition coefficient (Wildman–Crippen LogP) is 4.11. The lowest BCUT2D eigenvalue weighted by Gasteiger charge is -2.21. The molecule has 0 N–H and O–H groups in total. The Kier molecular flexibility index (Phi) is 5.03. The molecule has 0 radical (unpaired) electrons. The number of anilines is 1. The van der Waals surface area contributed by atoms with Gasteiger partial charge in [0, 0.05) is 12.1 Å². The normalized spacial score (nSPS) is 15.0. The summed E-state index contributed by atoms with van der Waals surface area (Å²) >= 11 is 1.31. The van der Waals surface area contributed by atoms with E-state index in [0.29, 0.717) is 15.3 Å². The van der Waals surface area contributed by atoms with Crippen molar-refractivity contribution in [3.05, 3.63) is 48.3 Å². The van der Waals surface area contributed by atoms with E-state index in [9.17, 15) is 17.6 Å². The van der Waals surface area contributed by atoms with Crippen molar-refractivity contribution in [3.8, 4) is 5.75 Å². The van der Waals surface area contributed by atoms with Gasteiger partial charge in [-0.15, -0.1) is 0 Å². The van der Waals surface area contributed by atoms with Crippen LogP contribution in [0, 0.1) is 5.82 Å². The minimum absolute atomic E-state index is 0.130. The Morgan fingerprint density at radius 2 is 1.86 bits per heavy atom. The van der Waals surface area contributed by atoms with Gasteiger partial charge in [0.15, 0.2) is 5.13 Å². The van der Waals surface area contributed by atoms with Gasteiger partial charge in [-0.2, -0.15) is 8.42 Å². The fourth-order valence-electron chi connectivity index (χ4n) is 3.30. The maximum Gasteiger partial charge on any atom is 0.339 e. The van der Waals surface area contributed by atoms with Gasteiger partial charge in [0.1, 0.15) is 16.5 Å². The molecule has 1 heterocycles. The molecule has 0 saturated heterocycles. The Morgan fingerprint density at radius 3 is 2.54 bits per heavy atom. The van der Waals surface area contributed by atoms with E-state index in [0.717, 1.165) is 56.4 Å². The van der Waals surface area contributed by atoms with Gasteiger partial charge in [0.05, 0.1) is 10.2 Å². The van der Waals surface area contributed by atoms with Crippen molar-refractivity contribution in [1.82, 2.24) is 4.98 Å². The van der Waals surface area contributed by atoms with Crippen LogP contribution < -0.4 is 9.08 Å². The molecule has 0 spiro atoms. The number of fused-ring (bicyclic) bond motifs is 1. The molecule has 1 aliphatic rings. The van der Waals surface area contributed by atoms with Crippen LogP contribution in [-0.4, -0.2) is 25.9 Å². The Labute approximate surface area is 165 Å². The number of carbonyl (C=O) groups excluding carboxylic acids is 1. The number of amides is 1. The van der Waals surface area contributed by atoms with E-state index in [-0.39, 0.29) is 16.7 Å². The first-order chi connectivity index (χ1) is 13.5. The van der Waals surface area contributed by atoms with Gasteiger partial charge in [-0.05, 0) is 49.2 Å². The topological polar surface area (TPSA) is 76.6 Å². The Balaban J connectivity index is 1.61. The minimum Gasteiger partial charge on any atom is -0.379 e. The number of hydrogen-bond acceptors (Lipinski definition) is 6. The lowest BCUT2D eigenvalue weighted by Crippen LogP contribution is -2.31. The second-order valence-corrected chi connectivity index (χ2v) is 9.12. The van der Waals surface area contributed by atoms with E-state index >= 15 is 0 Å². The zero-order valence-electron chi connectivity index (χ0n) is 14.7. The fraction of sp³-hybridized carbons (Fsp3) is 0.263. The van der Waals surface area contributed by atoms with Crippen LogP contribution in [0.5, 0.6) is 5.75 Å². The van der Waals surface area contributed by atoms with Crippen LogP contribution in [0.25, 0.3) is 10.2 Å². The van der Waals surface area contributed by atoms with E-state index in [1.165, 1.54) is 17.4 Å². The van der Waals surface area contributed by atoms with Crippen LogP contribution in [0.1, 0.15) is 25.7 Å². The molecule has 3 aromatic rings. The summed E-state index contributed by atoms with van der Waals surface area (Å²) in [4.78, 5) is 17.6. The highest BCUT2D eigenvalue weighted by Gasteiger charge is 2.25. The summed E-state index contributed by atoms with van der Waals surface area (Å²) in [5.41, 5.74) is 0.663. The summed E-state index contributed by atoms with van der Waals surface area (Å²) in [6.07, 6.45) is 4.92. The van der Waals surface area contributed by atoms with Gasteiger partial charge in [-0.3, -0.25) is 9.69 Å². The average Bonchev–Trinajstić information content (AvgIpc) is 3.32.